The molecule has 3 nitrogen and oxygen atoms in total. The Morgan fingerprint density at radius 3 is 3.07 bits per heavy atom. The molecule has 0 radical (unpaired) electrons. The van der Waals surface area contributed by atoms with Gasteiger partial charge in [0.1, 0.15) is 5.01 Å². The first kappa shape index (κ1) is 9.43. The standard InChI is InChI=1S/C10H13N3S/c1-7-9(2-4-11)14-10(13-7)8-3-5-12-6-8/h3,5-6,12H,2,4,11H2,1H3. The number of aromatic nitrogens is 2. The zero-order valence-electron chi connectivity index (χ0n) is 8.08. The zero-order valence-corrected chi connectivity index (χ0v) is 8.90. The number of hydrogen-bond donors (Lipinski definition) is 2. The summed E-state index contributed by atoms with van der Waals surface area (Å²) in [6.45, 7) is 2.73. The maximum absolute atomic E-state index is 5.53. The van der Waals surface area contributed by atoms with E-state index >= 15 is 0 Å². The third-order valence-electron chi connectivity index (χ3n) is 2.11. The Balaban J connectivity index is 2.33. The molecule has 0 saturated carbocycles. The number of thiazole rings is 1. The summed E-state index contributed by atoms with van der Waals surface area (Å²) in [5.74, 6) is 0. The molecule has 0 aromatic carbocycles. The highest BCUT2D eigenvalue weighted by Crippen LogP contribution is 2.27. The van der Waals surface area contributed by atoms with Crippen LogP contribution in [0, 0.1) is 6.92 Å². The average Bonchev–Trinajstić information content (AvgIpc) is 2.76. The van der Waals surface area contributed by atoms with Crippen LogP contribution in [0.4, 0.5) is 0 Å². The predicted octanol–water partition coefficient (Wildman–Crippen LogP) is 1.95. The van der Waals surface area contributed by atoms with Crippen LogP contribution >= 0.6 is 11.3 Å². The molecule has 0 bridgehead atoms. The molecule has 0 unspecified atom stereocenters. The van der Waals surface area contributed by atoms with E-state index in [1.54, 1.807) is 11.3 Å². The lowest BCUT2D eigenvalue weighted by atomic mass is 10.3. The van der Waals surface area contributed by atoms with Gasteiger partial charge in [-0.3, -0.25) is 0 Å². The molecule has 2 rings (SSSR count). The summed E-state index contributed by atoms with van der Waals surface area (Å²) in [6, 6.07) is 2.03. The summed E-state index contributed by atoms with van der Waals surface area (Å²) >= 11 is 1.73. The van der Waals surface area contributed by atoms with Crippen LogP contribution in [0.1, 0.15) is 10.6 Å². The smallest absolute Gasteiger partial charge is 0.125 e. The molecule has 0 aliphatic heterocycles. The lowest BCUT2D eigenvalue weighted by Crippen LogP contribution is -2.01. The minimum Gasteiger partial charge on any atom is -0.367 e. The summed E-state index contributed by atoms with van der Waals surface area (Å²) in [6.07, 6.45) is 4.80. The van der Waals surface area contributed by atoms with Crippen LogP contribution in [-0.4, -0.2) is 16.5 Å². The fourth-order valence-electron chi connectivity index (χ4n) is 1.37. The van der Waals surface area contributed by atoms with Crippen molar-refractivity contribution >= 4 is 11.3 Å². The van der Waals surface area contributed by atoms with Crippen molar-refractivity contribution in [2.75, 3.05) is 6.54 Å². The summed E-state index contributed by atoms with van der Waals surface area (Å²) in [4.78, 5) is 8.84. The average molecular weight is 207 g/mol. The van der Waals surface area contributed by atoms with E-state index in [0.29, 0.717) is 6.54 Å². The first-order valence-electron chi connectivity index (χ1n) is 4.61. The van der Waals surface area contributed by atoms with Gasteiger partial charge in [-0.2, -0.15) is 0 Å². The lowest BCUT2D eigenvalue weighted by molar-refractivity contribution is 0.970. The van der Waals surface area contributed by atoms with E-state index in [-0.39, 0.29) is 0 Å². The molecule has 4 heteroatoms. The second kappa shape index (κ2) is 3.94. The zero-order chi connectivity index (χ0) is 9.97. The van der Waals surface area contributed by atoms with Crippen molar-refractivity contribution in [3.05, 3.63) is 29.0 Å². The van der Waals surface area contributed by atoms with Crippen molar-refractivity contribution in [2.45, 2.75) is 13.3 Å². The molecular formula is C10H13N3S. The number of nitrogens with zero attached hydrogens (tertiary/aromatic N) is 1. The number of nitrogens with one attached hydrogen (secondary N) is 1. The van der Waals surface area contributed by atoms with E-state index in [9.17, 15) is 0 Å². The van der Waals surface area contributed by atoms with E-state index in [0.717, 1.165) is 22.7 Å². The summed E-state index contributed by atoms with van der Waals surface area (Å²) < 4.78 is 0. The van der Waals surface area contributed by atoms with Crippen molar-refractivity contribution in [1.29, 1.82) is 0 Å². The second-order valence-electron chi connectivity index (χ2n) is 3.17. The van der Waals surface area contributed by atoms with Gasteiger partial charge in [0.05, 0.1) is 5.69 Å². The molecular weight excluding hydrogens is 194 g/mol. The van der Waals surface area contributed by atoms with Gasteiger partial charge in [0.15, 0.2) is 0 Å². The third-order valence-corrected chi connectivity index (χ3v) is 3.38. The fraction of sp³-hybridized carbons (Fsp3) is 0.300. The number of hydrogen-bond acceptors (Lipinski definition) is 3. The molecule has 74 valence electrons. The van der Waals surface area contributed by atoms with Crippen LogP contribution in [-0.2, 0) is 6.42 Å². The van der Waals surface area contributed by atoms with E-state index in [1.165, 1.54) is 4.88 Å². The van der Waals surface area contributed by atoms with Gasteiger partial charge in [-0.1, -0.05) is 0 Å². The Kier molecular flexibility index (Phi) is 2.65. The van der Waals surface area contributed by atoms with Gasteiger partial charge >= 0.3 is 0 Å². The van der Waals surface area contributed by atoms with Crippen LogP contribution in [0.15, 0.2) is 18.5 Å². The second-order valence-corrected chi connectivity index (χ2v) is 4.25. The van der Waals surface area contributed by atoms with Crippen molar-refractivity contribution in [3.8, 4) is 10.6 Å². The highest BCUT2D eigenvalue weighted by Gasteiger charge is 2.08. The van der Waals surface area contributed by atoms with Crippen LogP contribution < -0.4 is 5.73 Å². The number of H-pyrrole nitrogens is 1. The Hall–Kier alpha value is -1.13. The highest BCUT2D eigenvalue weighted by molar-refractivity contribution is 7.15. The predicted molar refractivity (Wildman–Crippen MR) is 59.4 cm³/mol. The molecule has 2 aromatic heterocycles. The molecule has 0 saturated heterocycles. The number of rotatable bonds is 3. The molecule has 0 spiro atoms. The molecule has 0 aliphatic rings. The van der Waals surface area contributed by atoms with Gasteiger partial charge in [0, 0.05) is 22.8 Å². The fourth-order valence-corrected chi connectivity index (χ4v) is 2.45. The minimum atomic E-state index is 0.690. The Morgan fingerprint density at radius 2 is 2.43 bits per heavy atom. The van der Waals surface area contributed by atoms with E-state index in [4.69, 9.17) is 5.73 Å². The monoisotopic (exact) mass is 207 g/mol. The van der Waals surface area contributed by atoms with Crippen LogP contribution in [0.25, 0.3) is 10.6 Å². The Bertz CT molecular complexity index is 403. The highest BCUT2D eigenvalue weighted by atomic mass is 32.1. The van der Waals surface area contributed by atoms with Gasteiger partial charge in [0.2, 0.25) is 0 Å². The first-order valence-corrected chi connectivity index (χ1v) is 5.42. The quantitative estimate of drug-likeness (QED) is 0.808. The normalized spacial score (nSPS) is 10.7. The van der Waals surface area contributed by atoms with Crippen molar-refractivity contribution in [2.24, 2.45) is 5.73 Å². The van der Waals surface area contributed by atoms with E-state index in [1.807, 2.05) is 25.4 Å². The lowest BCUT2D eigenvalue weighted by Gasteiger charge is -1.90. The molecule has 14 heavy (non-hydrogen) atoms. The summed E-state index contributed by atoms with van der Waals surface area (Å²) in [7, 11) is 0. The topological polar surface area (TPSA) is 54.7 Å². The molecule has 2 aromatic rings. The van der Waals surface area contributed by atoms with Gasteiger partial charge in [-0.05, 0) is 26.0 Å². The number of nitrogens with two attached hydrogens (primary N) is 1. The van der Waals surface area contributed by atoms with E-state index < -0.39 is 0 Å². The first-order chi connectivity index (χ1) is 6.81. The van der Waals surface area contributed by atoms with Crippen LogP contribution in [0.5, 0.6) is 0 Å². The molecule has 0 aliphatic carbocycles. The van der Waals surface area contributed by atoms with Gasteiger partial charge in [-0.25, -0.2) is 4.98 Å². The van der Waals surface area contributed by atoms with Crippen molar-refractivity contribution in [3.63, 3.8) is 0 Å². The summed E-state index contributed by atoms with van der Waals surface area (Å²) in [5, 5.41) is 1.08. The maximum atomic E-state index is 5.53. The minimum absolute atomic E-state index is 0.690. The molecule has 0 fully saturated rings. The molecule has 0 atom stereocenters. The van der Waals surface area contributed by atoms with E-state index in [2.05, 4.69) is 9.97 Å². The van der Waals surface area contributed by atoms with Crippen LogP contribution in [0.2, 0.25) is 0 Å². The molecule has 0 amide bonds. The van der Waals surface area contributed by atoms with Crippen LogP contribution in [0.3, 0.4) is 0 Å². The third kappa shape index (κ3) is 1.71. The van der Waals surface area contributed by atoms with Crippen molar-refractivity contribution < 1.29 is 0 Å². The van der Waals surface area contributed by atoms with Gasteiger partial charge < -0.3 is 10.7 Å². The largest absolute Gasteiger partial charge is 0.367 e. The summed E-state index contributed by atoms with van der Waals surface area (Å²) in [5.41, 5.74) is 7.79. The molecule has 3 N–H and O–H groups in total. The maximum Gasteiger partial charge on any atom is 0.125 e. The molecule has 2 heterocycles. The van der Waals surface area contributed by atoms with Crippen molar-refractivity contribution in [1.82, 2.24) is 9.97 Å². The number of aryl methyl sites for hydroxylation is 1. The SMILES string of the molecule is Cc1nc(-c2cc[nH]c2)sc1CCN. The Morgan fingerprint density at radius 1 is 1.57 bits per heavy atom. The van der Waals surface area contributed by atoms with Gasteiger partial charge in [0.25, 0.3) is 0 Å². The Labute approximate surface area is 87.0 Å². The number of aromatic amines is 1. The van der Waals surface area contributed by atoms with Gasteiger partial charge in [-0.15, -0.1) is 11.3 Å².